The Labute approximate surface area is 110 Å². The van der Waals surface area contributed by atoms with Crippen molar-refractivity contribution < 1.29 is 4.79 Å². The number of benzene rings is 1. The minimum atomic E-state index is -0.00196. The standard InChI is InChI=1S/C13H11Cl2NO/c1-2-3-16-13(17)12-7-11(12)8-4-9(14)6-10(15)5-8/h1,4-6,11-12H,3,7H2,(H,16,17)/t11-,12-/m0/s1. The van der Waals surface area contributed by atoms with Crippen molar-refractivity contribution in [1.29, 1.82) is 0 Å². The van der Waals surface area contributed by atoms with Gasteiger partial charge in [0.1, 0.15) is 0 Å². The zero-order chi connectivity index (χ0) is 12.4. The first-order chi connectivity index (χ1) is 8.11. The maximum atomic E-state index is 11.6. The molecule has 2 nitrogen and oxygen atoms in total. The van der Waals surface area contributed by atoms with Crippen LogP contribution in [0.25, 0.3) is 0 Å². The van der Waals surface area contributed by atoms with Crippen molar-refractivity contribution in [3.63, 3.8) is 0 Å². The lowest BCUT2D eigenvalue weighted by Gasteiger charge is -2.03. The van der Waals surface area contributed by atoms with Gasteiger partial charge in [-0.1, -0.05) is 29.1 Å². The molecule has 2 atom stereocenters. The Morgan fingerprint density at radius 2 is 2.06 bits per heavy atom. The summed E-state index contributed by atoms with van der Waals surface area (Å²) in [5.74, 6) is 2.59. The van der Waals surface area contributed by atoms with Crippen LogP contribution in [0.2, 0.25) is 10.0 Å². The highest BCUT2D eigenvalue weighted by molar-refractivity contribution is 6.34. The van der Waals surface area contributed by atoms with E-state index in [1.54, 1.807) is 6.07 Å². The molecule has 0 spiro atoms. The van der Waals surface area contributed by atoms with E-state index in [1.807, 2.05) is 12.1 Å². The lowest BCUT2D eigenvalue weighted by atomic mass is 10.1. The highest BCUT2D eigenvalue weighted by atomic mass is 35.5. The van der Waals surface area contributed by atoms with Gasteiger partial charge in [0, 0.05) is 16.0 Å². The van der Waals surface area contributed by atoms with E-state index < -0.39 is 0 Å². The Kier molecular flexibility index (Phi) is 3.61. The fourth-order valence-corrected chi connectivity index (χ4v) is 2.45. The van der Waals surface area contributed by atoms with Crippen LogP contribution >= 0.6 is 23.2 Å². The van der Waals surface area contributed by atoms with Gasteiger partial charge in [-0.05, 0) is 36.1 Å². The van der Waals surface area contributed by atoms with Gasteiger partial charge >= 0.3 is 0 Å². The van der Waals surface area contributed by atoms with Crippen molar-refractivity contribution in [3.8, 4) is 12.3 Å². The molecule has 0 aromatic heterocycles. The maximum absolute atomic E-state index is 11.6. The lowest BCUT2D eigenvalue weighted by molar-refractivity contribution is -0.122. The number of nitrogens with one attached hydrogen (secondary N) is 1. The van der Waals surface area contributed by atoms with E-state index in [2.05, 4.69) is 11.2 Å². The minimum Gasteiger partial charge on any atom is -0.345 e. The van der Waals surface area contributed by atoms with E-state index in [0.717, 1.165) is 12.0 Å². The number of hydrogen-bond acceptors (Lipinski definition) is 1. The Morgan fingerprint density at radius 3 is 2.65 bits per heavy atom. The van der Waals surface area contributed by atoms with E-state index in [1.165, 1.54) is 0 Å². The third-order valence-electron chi connectivity index (χ3n) is 2.80. The summed E-state index contributed by atoms with van der Waals surface area (Å²) >= 11 is 11.8. The number of carbonyl (C=O) groups is 1. The molecule has 1 amide bonds. The van der Waals surface area contributed by atoms with Gasteiger partial charge in [0.25, 0.3) is 0 Å². The first-order valence-corrected chi connectivity index (χ1v) is 6.04. The molecule has 0 bridgehead atoms. The number of hydrogen-bond donors (Lipinski definition) is 1. The molecule has 2 rings (SSSR count). The first-order valence-electron chi connectivity index (χ1n) is 5.29. The highest BCUT2D eigenvalue weighted by Crippen LogP contribution is 2.48. The summed E-state index contributed by atoms with van der Waals surface area (Å²) in [6.07, 6.45) is 5.91. The fraction of sp³-hybridized carbons (Fsp3) is 0.308. The molecule has 1 aliphatic carbocycles. The van der Waals surface area contributed by atoms with Crippen LogP contribution in [0.15, 0.2) is 18.2 Å². The molecule has 0 unspecified atom stereocenters. The summed E-state index contributed by atoms with van der Waals surface area (Å²) in [5.41, 5.74) is 1.02. The van der Waals surface area contributed by atoms with Crippen LogP contribution in [-0.4, -0.2) is 12.5 Å². The summed E-state index contributed by atoms with van der Waals surface area (Å²) < 4.78 is 0. The number of carbonyl (C=O) groups excluding carboxylic acids is 1. The number of amides is 1. The quantitative estimate of drug-likeness (QED) is 0.839. The third kappa shape index (κ3) is 2.94. The number of rotatable bonds is 3. The van der Waals surface area contributed by atoms with Gasteiger partial charge in [0.15, 0.2) is 0 Å². The van der Waals surface area contributed by atoms with Crippen molar-refractivity contribution in [2.75, 3.05) is 6.54 Å². The molecule has 0 heterocycles. The van der Waals surface area contributed by atoms with E-state index >= 15 is 0 Å². The van der Waals surface area contributed by atoms with Crippen LogP contribution in [0, 0.1) is 18.3 Å². The van der Waals surface area contributed by atoms with Crippen LogP contribution in [0.1, 0.15) is 17.9 Å². The van der Waals surface area contributed by atoms with Crippen LogP contribution in [0.5, 0.6) is 0 Å². The topological polar surface area (TPSA) is 29.1 Å². The second-order valence-corrected chi connectivity index (χ2v) is 4.95. The Hall–Kier alpha value is -1.17. The van der Waals surface area contributed by atoms with Crippen LogP contribution < -0.4 is 5.32 Å². The van der Waals surface area contributed by atoms with Crippen molar-refractivity contribution in [2.24, 2.45) is 5.92 Å². The molecular weight excluding hydrogens is 257 g/mol. The molecule has 1 aromatic rings. The van der Waals surface area contributed by atoms with Crippen molar-refractivity contribution in [2.45, 2.75) is 12.3 Å². The molecular formula is C13H11Cl2NO. The van der Waals surface area contributed by atoms with Gasteiger partial charge in [-0.3, -0.25) is 4.79 Å². The normalized spacial score (nSPS) is 21.7. The molecule has 1 fully saturated rings. The predicted octanol–water partition coefficient (Wildman–Crippen LogP) is 2.85. The van der Waals surface area contributed by atoms with Gasteiger partial charge in [0.2, 0.25) is 5.91 Å². The summed E-state index contributed by atoms with van der Waals surface area (Å²) in [6, 6.07) is 5.39. The molecule has 0 saturated heterocycles. The SMILES string of the molecule is C#CCNC(=O)[C@H]1C[C@H]1c1cc(Cl)cc(Cl)c1. The second-order valence-electron chi connectivity index (χ2n) is 4.07. The molecule has 0 radical (unpaired) electrons. The number of terminal acetylenes is 1. The summed E-state index contributed by atoms with van der Waals surface area (Å²) in [6.45, 7) is 0.276. The van der Waals surface area contributed by atoms with Crippen LogP contribution in [0.3, 0.4) is 0 Å². The van der Waals surface area contributed by atoms with Gasteiger partial charge < -0.3 is 5.32 Å². The number of halogens is 2. The van der Waals surface area contributed by atoms with Crippen LogP contribution in [0.4, 0.5) is 0 Å². The predicted molar refractivity (Wildman–Crippen MR) is 69.2 cm³/mol. The smallest absolute Gasteiger partial charge is 0.224 e. The van der Waals surface area contributed by atoms with E-state index in [9.17, 15) is 4.79 Å². The third-order valence-corrected chi connectivity index (χ3v) is 3.24. The highest BCUT2D eigenvalue weighted by Gasteiger charge is 2.43. The zero-order valence-corrected chi connectivity index (χ0v) is 10.6. The van der Waals surface area contributed by atoms with E-state index in [-0.39, 0.29) is 24.3 Å². The fourth-order valence-electron chi connectivity index (χ4n) is 1.91. The van der Waals surface area contributed by atoms with Crippen LogP contribution in [-0.2, 0) is 4.79 Å². The Morgan fingerprint density at radius 1 is 1.41 bits per heavy atom. The Bertz CT molecular complexity index is 472. The second kappa shape index (κ2) is 5.00. The summed E-state index contributed by atoms with van der Waals surface area (Å²) in [4.78, 5) is 11.6. The summed E-state index contributed by atoms with van der Waals surface area (Å²) in [7, 11) is 0. The molecule has 1 N–H and O–H groups in total. The first kappa shape index (κ1) is 12.3. The van der Waals surface area contributed by atoms with Crippen molar-refractivity contribution >= 4 is 29.1 Å². The molecule has 88 valence electrons. The van der Waals surface area contributed by atoms with Gasteiger partial charge in [-0.15, -0.1) is 6.42 Å². The largest absolute Gasteiger partial charge is 0.345 e. The molecule has 1 aliphatic rings. The average Bonchev–Trinajstić information content (AvgIpc) is 3.04. The molecule has 17 heavy (non-hydrogen) atoms. The summed E-state index contributed by atoms with van der Waals surface area (Å²) in [5, 5.41) is 3.88. The van der Waals surface area contributed by atoms with Gasteiger partial charge in [0.05, 0.1) is 6.54 Å². The average molecular weight is 268 g/mol. The Balaban J connectivity index is 2.03. The van der Waals surface area contributed by atoms with E-state index in [4.69, 9.17) is 29.6 Å². The van der Waals surface area contributed by atoms with Crippen molar-refractivity contribution in [3.05, 3.63) is 33.8 Å². The van der Waals surface area contributed by atoms with Crippen molar-refractivity contribution in [1.82, 2.24) is 5.32 Å². The van der Waals surface area contributed by atoms with Gasteiger partial charge in [-0.25, -0.2) is 0 Å². The molecule has 4 heteroatoms. The molecule has 0 aliphatic heterocycles. The van der Waals surface area contributed by atoms with Gasteiger partial charge in [-0.2, -0.15) is 0 Å². The monoisotopic (exact) mass is 267 g/mol. The zero-order valence-electron chi connectivity index (χ0n) is 9.04. The lowest BCUT2D eigenvalue weighted by Crippen LogP contribution is -2.25. The maximum Gasteiger partial charge on any atom is 0.224 e. The van der Waals surface area contributed by atoms with E-state index in [0.29, 0.717) is 10.0 Å². The molecule has 1 saturated carbocycles. The minimum absolute atomic E-state index is 0.00196. The molecule has 1 aromatic carbocycles.